The molecule has 4 rings (SSSR count). The first-order valence-electron chi connectivity index (χ1n) is 8.77. The monoisotopic (exact) mass is 375 g/mol. The minimum atomic E-state index is -2.26. The molecule has 6 nitrogen and oxygen atoms in total. The number of nitrogens with zero attached hydrogens (tertiary/aromatic N) is 1. The molecule has 140 valence electrons. The molecule has 0 fully saturated rings. The molecule has 0 bridgehead atoms. The van der Waals surface area contributed by atoms with E-state index < -0.39 is 28.5 Å². The molecule has 0 saturated heterocycles. The smallest absolute Gasteiger partial charge is 0.251 e. The van der Waals surface area contributed by atoms with E-state index >= 15 is 0 Å². The summed E-state index contributed by atoms with van der Waals surface area (Å²) in [5.41, 5.74) is -3.34. The van der Waals surface area contributed by atoms with Gasteiger partial charge in [0.25, 0.3) is 6.54 Å². The van der Waals surface area contributed by atoms with Crippen molar-refractivity contribution in [2.75, 3.05) is 6.54 Å². The zero-order chi connectivity index (χ0) is 19.8. The number of benzene rings is 3. The van der Waals surface area contributed by atoms with Crippen LogP contribution in [0.1, 0.15) is 21.5 Å². The van der Waals surface area contributed by atoms with Gasteiger partial charge in [-0.3, -0.25) is 14.9 Å². The number of hydrogen-bond donors (Lipinski definition) is 1. The number of para-hydroxylation sites is 1. The predicted octanol–water partition coefficient (Wildman–Crippen LogP) is 3.32. The van der Waals surface area contributed by atoms with Gasteiger partial charge in [0.15, 0.2) is 0 Å². The molecule has 1 aliphatic heterocycles. The number of hydrogen-bond acceptors (Lipinski definition) is 5. The van der Waals surface area contributed by atoms with Gasteiger partial charge in [-0.25, -0.2) is 0 Å². The van der Waals surface area contributed by atoms with Gasteiger partial charge in [0, 0.05) is 21.6 Å². The average Bonchev–Trinajstić information content (AvgIpc) is 2.98. The van der Waals surface area contributed by atoms with E-state index in [0.29, 0.717) is 5.56 Å². The zero-order valence-electron chi connectivity index (χ0n) is 14.8. The van der Waals surface area contributed by atoms with Crippen molar-refractivity contribution in [1.29, 1.82) is 0 Å². The van der Waals surface area contributed by atoms with Crippen LogP contribution in [0.2, 0.25) is 0 Å². The summed E-state index contributed by atoms with van der Waals surface area (Å²) in [6, 6.07) is 23.2. The summed E-state index contributed by atoms with van der Waals surface area (Å²) in [7, 11) is 0. The van der Waals surface area contributed by atoms with Crippen LogP contribution < -0.4 is 4.74 Å². The second-order valence-electron chi connectivity index (χ2n) is 6.69. The highest BCUT2D eigenvalue weighted by molar-refractivity contribution is 6.05. The van der Waals surface area contributed by atoms with E-state index in [1.807, 2.05) is 0 Å². The van der Waals surface area contributed by atoms with E-state index in [4.69, 9.17) is 4.74 Å². The van der Waals surface area contributed by atoms with Crippen LogP contribution in [0.25, 0.3) is 0 Å². The summed E-state index contributed by atoms with van der Waals surface area (Å²) in [6.07, 6.45) is 0. The van der Waals surface area contributed by atoms with Gasteiger partial charge in [0.05, 0.1) is 0 Å². The molecule has 1 unspecified atom stereocenters. The van der Waals surface area contributed by atoms with Crippen LogP contribution in [0.3, 0.4) is 0 Å². The minimum absolute atomic E-state index is 0.217. The fourth-order valence-corrected chi connectivity index (χ4v) is 3.83. The van der Waals surface area contributed by atoms with E-state index in [9.17, 15) is 20.0 Å². The number of fused-ring (bicyclic) bond motifs is 1. The molecule has 1 aliphatic rings. The van der Waals surface area contributed by atoms with Gasteiger partial charge >= 0.3 is 0 Å². The Hall–Kier alpha value is -3.51. The number of carbonyl (C=O) groups is 1. The Labute approximate surface area is 161 Å². The minimum Gasteiger partial charge on any atom is -0.471 e. The standard InChI is InChI=1S/C22H17NO5/c24-20(16-9-3-1-4-10-16)22(25)18-13-7-8-14-19(18)28-21(22,15-23(26)27)17-11-5-2-6-12-17/h1-14,25H,15H2/t21?,22-/m0/s1. The van der Waals surface area contributed by atoms with Crippen molar-refractivity contribution in [2.24, 2.45) is 0 Å². The molecule has 3 aromatic carbocycles. The second-order valence-corrected chi connectivity index (χ2v) is 6.69. The molecule has 0 spiro atoms. The van der Waals surface area contributed by atoms with Crippen LogP contribution >= 0.6 is 0 Å². The normalized spacial score (nSPS) is 22.9. The maximum atomic E-state index is 13.5. The molecule has 2 atom stereocenters. The summed E-state index contributed by atoms with van der Waals surface area (Å²) in [5.74, 6) is -0.399. The van der Waals surface area contributed by atoms with Crippen molar-refractivity contribution < 1.29 is 19.6 Å². The first kappa shape index (κ1) is 17.9. The van der Waals surface area contributed by atoms with Gasteiger partial charge in [0.1, 0.15) is 5.75 Å². The molecule has 0 aliphatic carbocycles. The molecule has 3 aromatic rings. The Morgan fingerprint density at radius 1 is 0.929 bits per heavy atom. The number of aliphatic hydroxyl groups is 1. The summed E-state index contributed by atoms with van der Waals surface area (Å²) < 4.78 is 6.04. The van der Waals surface area contributed by atoms with E-state index in [1.165, 1.54) is 0 Å². The van der Waals surface area contributed by atoms with Crippen molar-refractivity contribution >= 4 is 5.78 Å². The number of rotatable bonds is 5. The molecule has 0 amide bonds. The predicted molar refractivity (Wildman–Crippen MR) is 102 cm³/mol. The third kappa shape index (κ3) is 2.50. The third-order valence-electron chi connectivity index (χ3n) is 5.10. The van der Waals surface area contributed by atoms with Crippen molar-refractivity contribution in [3.8, 4) is 5.75 Å². The lowest BCUT2D eigenvalue weighted by Crippen LogP contribution is -2.57. The summed E-state index contributed by atoms with van der Waals surface area (Å²) >= 11 is 0. The van der Waals surface area contributed by atoms with E-state index in [1.54, 1.807) is 84.9 Å². The Balaban J connectivity index is 2.02. The van der Waals surface area contributed by atoms with Crippen LogP contribution in [-0.2, 0) is 11.2 Å². The highest BCUT2D eigenvalue weighted by atomic mass is 16.6. The molecule has 6 heteroatoms. The molecule has 1 heterocycles. The van der Waals surface area contributed by atoms with E-state index in [0.717, 1.165) is 0 Å². The number of carbonyl (C=O) groups excluding carboxylic acids is 1. The lowest BCUT2D eigenvalue weighted by atomic mass is 9.71. The zero-order valence-corrected chi connectivity index (χ0v) is 14.8. The van der Waals surface area contributed by atoms with Crippen LogP contribution in [0.5, 0.6) is 5.75 Å². The maximum absolute atomic E-state index is 13.5. The first-order chi connectivity index (χ1) is 13.5. The van der Waals surface area contributed by atoms with Crippen LogP contribution in [0, 0.1) is 10.1 Å². The average molecular weight is 375 g/mol. The van der Waals surface area contributed by atoms with Gasteiger partial charge in [-0.2, -0.15) is 0 Å². The fourth-order valence-electron chi connectivity index (χ4n) is 3.83. The van der Waals surface area contributed by atoms with Crippen molar-refractivity contribution in [3.63, 3.8) is 0 Å². The number of ether oxygens (including phenoxy) is 1. The van der Waals surface area contributed by atoms with Crippen molar-refractivity contribution in [3.05, 3.63) is 112 Å². The Bertz CT molecular complexity index is 1040. The summed E-state index contributed by atoms with van der Waals surface area (Å²) in [5, 5.41) is 23.5. The summed E-state index contributed by atoms with van der Waals surface area (Å²) in [4.78, 5) is 24.6. The van der Waals surface area contributed by atoms with E-state index in [-0.39, 0.29) is 16.9 Å². The number of ketones is 1. The van der Waals surface area contributed by atoms with E-state index in [2.05, 4.69) is 0 Å². The molecular formula is C22H17NO5. The molecular weight excluding hydrogens is 358 g/mol. The van der Waals surface area contributed by atoms with Gasteiger partial charge in [-0.15, -0.1) is 0 Å². The molecule has 0 saturated carbocycles. The Morgan fingerprint density at radius 2 is 1.50 bits per heavy atom. The molecule has 0 aromatic heterocycles. The highest BCUT2D eigenvalue weighted by Gasteiger charge is 2.67. The number of Topliss-reactive ketones (excluding diaryl/α,β-unsaturated/α-hetero) is 1. The second kappa shape index (κ2) is 6.58. The topological polar surface area (TPSA) is 89.7 Å². The van der Waals surface area contributed by atoms with Crippen molar-refractivity contribution in [1.82, 2.24) is 0 Å². The highest BCUT2D eigenvalue weighted by Crippen LogP contribution is 2.54. The Kier molecular flexibility index (Phi) is 4.20. The quantitative estimate of drug-likeness (QED) is 0.420. The van der Waals surface area contributed by atoms with Crippen molar-refractivity contribution in [2.45, 2.75) is 11.2 Å². The number of nitro groups is 1. The Morgan fingerprint density at radius 3 is 2.14 bits per heavy atom. The maximum Gasteiger partial charge on any atom is 0.251 e. The van der Waals surface area contributed by atoms with Gasteiger partial charge in [0.2, 0.25) is 17.0 Å². The lowest BCUT2D eigenvalue weighted by molar-refractivity contribution is -0.506. The molecule has 0 radical (unpaired) electrons. The van der Waals surface area contributed by atoms with Gasteiger partial charge < -0.3 is 9.84 Å². The molecule has 1 N–H and O–H groups in total. The lowest BCUT2D eigenvalue weighted by Gasteiger charge is -2.37. The van der Waals surface area contributed by atoms with Crippen LogP contribution in [0.15, 0.2) is 84.9 Å². The fraction of sp³-hybridized carbons (Fsp3) is 0.136. The van der Waals surface area contributed by atoms with Crippen LogP contribution in [-0.4, -0.2) is 22.4 Å². The third-order valence-corrected chi connectivity index (χ3v) is 5.10. The van der Waals surface area contributed by atoms with Gasteiger partial charge in [-0.1, -0.05) is 78.9 Å². The largest absolute Gasteiger partial charge is 0.471 e. The molecule has 28 heavy (non-hydrogen) atoms. The summed E-state index contributed by atoms with van der Waals surface area (Å²) in [6.45, 7) is -0.777. The van der Waals surface area contributed by atoms with Gasteiger partial charge in [-0.05, 0) is 6.07 Å². The van der Waals surface area contributed by atoms with Crippen LogP contribution in [0.4, 0.5) is 0 Å². The first-order valence-corrected chi connectivity index (χ1v) is 8.77. The SMILES string of the molecule is O=C(c1ccccc1)[C@@]1(O)c2ccccc2OC1(C[N+](=O)[O-])c1ccccc1.